The molecule has 0 fully saturated rings. The van der Waals surface area contributed by atoms with Gasteiger partial charge in [-0.05, 0) is 13.0 Å². The Kier molecular flexibility index (Phi) is 17.4. The topological polar surface area (TPSA) is 87.1 Å². The maximum absolute atomic E-state index is 11.3. The molecule has 0 heterocycles. The van der Waals surface area contributed by atoms with Crippen LogP contribution in [0.4, 0.5) is 0 Å². The highest BCUT2D eigenvalue weighted by Gasteiger charge is 2.06. The number of aliphatic hydroxyl groups is 1. The van der Waals surface area contributed by atoms with Gasteiger partial charge in [-0.2, -0.15) is 0 Å². The van der Waals surface area contributed by atoms with Crippen molar-refractivity contribution in [3.8, 4) is 0 Å². The molecule has 0 amide bonds. The van der Waals surface area contributed by atoms with Crippen LogP contribution in [0.15, 0.2) is 12.2 Å². The lowest BCUT2D eigenvalue weighted by atomic mass is 10.1. The van der Waals surface area contributed by atoms with Crippen LogP contribution < -0.4 is 0 Å². The zero-order valence-corrected chi connectivity index (χ0v) is 16.3. The number of hydrogen-bond acceptors (Lipinski definition) is 5. The number of carbonyl (C=O) groups is 2. The third-order valence-electron chi connectivity index (χ3n) is 4.26. The number of hydrogen-bond donors (Lipinski definition) is 2. The third kappa shape index (κ3) is 17.4. The smallest absolute Gasteiger partial charge is 0.331 e. The number of unbranched alkanes of at least 4 members (excludes halogenated alkanes) is 9. The first-order chi connectivity index (χ1) is 12.6. The van der Waals surface area contributed by atoms with Crippen molar-refractivity contribution in [1.82, 2.24) is 4.90 Å². The number of carboxylic acid groups (broad SMARTS) is 1. The Morgan fingerprint density at radius 2 is 1.42 bits per heavy atom. The fourth-order valence-electron chi connectivity index (χ4n) is 2.76. The Labute approximate surface area is 158 Å². The lowest BCUT2D eigenvalue weighted by Gasteiger charge is -2.20. The average Bonchev–Trinajstić information content (AvgIpc) is 2.61. The molecule has 0 saturated carbocycles. The van der Waals surface area contributed by atoms with Crippen LogP contribution in [0.1, 0.15) is 71.1 Å². The minimum Gasteiger partial charge on any atom is -0.478 e. The molecule has 6 heteroatoms. The molecule has 26 heavy (non-hydrogen) atoms. The lowest BCUT2D eigenvalue weighted by molar-refractivity contribution is -0.139. The summed E-state index contributed by atoms with van der Waals surface area (Å²) in [5, 5.41) is 17.6. The first-order valence-corrected chi connectivity index (χ1v) is 10.0. The van der Waals surface area contributed by atoms with Gasteiger partial charge in [-0.3, -0.25) is 4.90 Å². The molecule has 0 aliphatic carbocycles. The highest BCUT2D eigenvalue weighted by molar-refractivity contribution is 5.90. The largest absolute Gasteiger partial charge is 0.478 e. The van der Waals surface area contributed by atoms with Gasteiger partial charge in [0, 0.05) is 25.2 Å². The summed E-state index contributed by atoms with van der Waals surface area (Å²) < 4.78 is 4.96. The average molecular weight is 372 g/mol. The SMILES string of the molecule is CCCCCCCCCCCCN(CCO)CCOC(=O)/C=C\C(=O)O. The summed E-state index contributed by atoms with van der Waals surface area (Å²) in [7, 11) is 0. The molecule has 0 spiro atoms. The van der Waals surface area contributed by atoms with E-state index in [0.717, 1.165) is 25.1 Å². The number of esters is 1. The molecule has 0 aromatic heterocycles. The highest BCUT2D eigenvalue weighted by atomic mass is 16.5. The van der Waals surface area contributed by atoms with Crippen LogP contribution in [0.2, 0.25) is 0 Å². The van der Waals surface area contributed by atoms with Crippen LogP contribution in [0.5, 0.6) is 0 Å². The molecule has 0 aromatic carbocycles. The minimum absolute atomic E-state index is 0.0740. The normalized spacial score (nSPS) is 11.3. The molecule has 0 atom stereocenters. The van der Waals surface area contributed by atoms with E-state index in [1.165, 1.54) is 57.8 Å². The molecule has 0 saturated heterocycles. The molecule has 0 aliphatic rings. The molecule has 6 nitrogen and oxygen atoms in total. The van der Waals surface area contributed by atoms with E-state index in [0.29, 0.717) is 13.1 Å². The van der Waals surface area contributed by atoms with Gasteiger partial charge in [0.2, 0.25) is 0 Å². The third-order valence-corrected chi connectivity index (χ3v) is 4.26. The minimum atomic E-state index is -1.18. The maximum Gasteiger partial charge on any atom is 0.331 e. The second kappa shape index (κ2) is 18.4. The summed E-state index contributed by atoms with van der Waals surface area (Å²) >= 11 is 0. The van der Waals surface area contributed by atoms with Gasteiger partial charge in [-0.15, -0.1) is 0 Å². The van der Waals surface area contributed by atoms with Crippen LogP contribution in [0, 0.1) is 0 Å². The summed E-state index contributed by atoms with van der Waals surface area (Å²) in [5.41, 5.74) is 0. The van der Waals surface area contributed by atoms with Crippen molar-refractivity contribution < 1.29 is 24.5 Å². The van der Waals surface area contributed by atoms with Gasteiger partial charge in [0.05, 0.1) is 6.61 Å². The number of carboxylic acids is 1. The number of nitrogens with zero attached hydrogens (tertiary/aromatic N) is 1. The molecular formula is C20H37NO5. The molecule has 0 unspecified atom stereocenters. The van der Waals surface area contributed by atoms with Gasteiger partial charge in [0.15, 0.2) is 0 Å². The van der Waals surface area contributed by atoms with Crippen LogP contribution in [-0.4, -0.2) is 59.9 Å². The predicted molar refractivity (Wildman–Crippen MR) is 103 cm³/mol. The van der Waals surface area contributed by atoms with Gasteiger partial charge < -0.3 is 14.9 Å². The predicted octanol–water partition coefficient (Wildman–Crippen LogP) is 3.39. The Morgan fingerprint density at radius 3 is 1.96 bits per heavy atom. The van der Waals surface area contributed by atoms with Gasteiger partial charge in [0.1, 0.15) is 6.61 Å². The van der Waals surface area contributed by atoms with Gasteiger partial charge >= 0.3 is 11.9 Å². The second-order valence-electron chi connectivity index (χ2n) is 6.59. The molecule has 0 aliphatic heterocycles. The van der Waals surface area contributed by atoms with Crippen molar-refractivity contribution >= 4 is 11.9 Å². The number of ether oxygens (including phenoxy) is 1. The van der Waals surface area contributed by atoms with Crippen molar-refractivity contribution in [3.05, 3.63) is 12.2 Å². The summed E-state index contributed by atoms with van der Waals surface area (Å²) in [4.78, 5) is 23.7. The van der Waals surface area contributed by atoms with E-state index in [1.807, 2.05) is 0 Å². The van der Waals surface area contributed by atoms with E-state index in [2.05, 4.69) is 11.8 Å². The monoisotopic (exact) mass is 371 g/mol. The van der Waals surface area contributed by atoms with E-state index < -0.39 is 11.9 Å². The van der Waals surface area contributed by atoms with Gasteiger partial charge in [0.25, 0.3) is 0 Å². The van der Waals surface area contributed by atoms with Crippen molar-refractivity contribution in [3.63, 3.8) is 0 Å². The van der Waals surface area contributed by atoms with Crippen molar-refractivity contribution in [1.29, 1.82) is 0 Å². The van der Waals surface area contributed by atoms with E-state index in [9.17, 15) is 9.59 Å². The number of carbonyl (C=O) groups excluding carboxylic acids is 1. The molecule has 0 aromatic rings. The Morgan fingerprint density at radius 1 is 0.846 bits per heavy atom. The molecule has 152 valence electrons. The fourth-order valence-corrected chi connectivity index (χ4v) is 2.76. The molecule has 0 bridgehead atoms. The van der Waals surface area contributed by atoms with Gasteiger partial charge in [-0.25, -0.2) is 9.59 Å². The summed E-state index contributed by atoms with van der Waals surface area (Å²) in [6, 6.07) is 0. The van der Waals surface area contributed by atoms with Crippen LogP contribution >= 0.6 is 0 Å². The summed E-state index contributed by atoms with van der Waals surface area (Å²) in [6.45, 7) is 4.48. The van der Waals surface area contributed by atoms with E-state index in [1.54, 1.807) is 0 Å². The molecule has 0 radical (unpaired) electrons. The van der Waals surface area contributed by atoms with Crippen LogP contribution in [0.25, 0.3) is 0 Å². The van der Waals surface area contributed by atoms with E-state index >= 15 is 0 Å². The van der Waals surface area contributed by atoms with Gasteiger partial charge in [-0.1, -0.05) is 64.7 Å². The first kappa shape index (κ1) is 24.6. The highest BCUT2D eigenvalue weighted by Crippen LogP contribution is 2.10. The van der Waals surface area contributed by atoms with Crippen molar-refractivity contribution in [2.24, 2.45) is 0 Å². The Bertz CT molecular complexity index is 384. The van der Waals surface area contributed by atoms with E-state index in [4.69, 9.17) is 14.9 Å². The summed E-state index contributed by atoms with van der Waals surface area (Å²) in [5.74, 6) is -1.83. The van der Waals surface area contributed by atoms with Crippen molar-refractivity contribution in [2.75, 3.05) is 32.8 Å². The number of aliphatic hydroxyl groups excluding tert-OH is 1. The fraction of sp³-hybridized carbons (Fsp3) is 0.800. The lowest BCUT2D eigenvalue weighted by Crippen LogP contribution is -2.31. The van der Waals surface area contributed by atoms with E-state index in [-0.39, 0.29) is 13.2 Å². The Hall–Kier alpha value is -1.40. The zero-order valence-electron chi connectivity index (χ0n) is 16.3. The standard InChI is InChI=1S/C20H37NO5/c1-2-3-4-5-6-7-8-9-10-11-14-21(15-17-22)16-18-26-20(25)13-12-19(23)24/h12-13,22H,2-11,14-18H2,1H3,(H,23,24)/b13-12-. The Balaban J connectivity index is 3.67. The van der Waals surface area contributed by atoms with Crippen molar-refractivity contribution in [2.45, 2.75) is 71.1 Å². The zero-order chi connectivity index (χ0) is 19.5. The first-order valence-electron chi connectivity index (χ1n) is 10.0. The number of aliphatic carboxylic acids is 1. The summed E-state index contributed by atoms with van der Waals surface area (Å²) in [6.07, 6.45) is 14.5. The van der Waals surface area contributed by atoms with Crippen LogP contribution in [0.3, 0.4) is 0 Å². The quantitative estimate of drug-likeness (QED) is 0.218. The second-order valence-corrected chi connectivity index (χ2v) is 6.59. The molecule has 2 N–H and O–H groups in total. The van der Waals surface area contributed by atoms with Crippen LogP contribution in [-0.2, 0) is 14.3 Å². The number of rotatable bonds is 18. The molecule has 0 rings (SSSR count). The molecular weight excluding hydrogens is 334 g/mol. The maximum atomic E-state index is 11.3.